The second kappa shape index (κ2) is 5.65. The van der Waals surface area contributed by atoms with E-state index in [9.17, 15) is 4.79 Å². The van der Waals surface area contributed by atoms with Crippen molar-refractivity contribution in [3.8, 4) is 0 Å². The van der Waals surface area contributed by atoms with E-state index >= 15 is 0 Å². The van der Waals surface area contributed by atoms with E-state index in [1.165, 1.54) is 6.42 Å². The lowest BCUT2D eigenvalue weighted by atomic mass is 10.0. The van der Waals surface area contributed by atoms with E-state index in [0.717, 1.165) is 35.1 Å². The maximum Gasteiger partial charge on any atom is 0.241 e. The van der Waals surface area contributed by atoms with Gasteiger partial charge >= 0.3 is 0 Å². The van der Waals surface area contributed by atoms with E-state index < -0.39 is 0 Å². The van der Waals surface area contributed by atoms with E-state index in [4.69, 9.17) is 0 Å². The van der Waals surface area contributed by atoms with Crippen LogP contribution in [0.25, 0.3) is 0 Å². The first-order valence-corrected chi connectivity index (χ1v) is 6.76. The van der Waals surface area contributed by atoms with Crippen LogP contribution >= 0.6 is 15.9 Å². The Bertz CT molecular complexity index is 414. The Balaban J connectivity index is 2.04. The molecule has 4 heteroatoms. The minimum Gasteiger partial charge on any atom is -0.324 e. The monoisotopic (exact) mass is 296 g/mol. The van der Waals surface area contributed by atoms with Crippen molar-refractivity contribution >= 4 is 27.5 Å². The molecule has 1 aromatic carbocycles. The van der Waals surface area contributed by atoms with Crippen molar-refractivity contribution in [3.63, 3.8) is 0 Å². The lowest BCUT2D eigenvalue weighted by Gasteiger charge is -2.23. The summed E-state index contributed by atoms with van der Waals surface area (Å²) in [4.78, 5) is 12.0. The molecule has 3 nitrogen and oxygen atoms in total. The number of aryl methyl sites for hydroxylation is 1. The van der Waals surface area contributed by atoms with Crippen LogP contribution in [-0.4, -0.2) is 18.5 Å². The van der Waals surface area contributed by atoms with Crippen molar-refractivity contribution in [3.05, 3.63) is 28.2 Å². The molecule has 1 amide bonds. The van der Waals surface area contributed by atoms with Crippen molar-refractivity contribution in [1.82, 2.24) is 5.32 Å². The summed E-state index contributed by atoms with van der Waals surface area (Å²) in [6, 6.07) is 5.87. The molecule has 1 aliphatic heterocycles. The predicted octanol–water partition coefficient (Wildman–Crippen LogP) is 2.84. The molecule has 0 aromatic heterocycles. The van der Waals surface area contributed by atoms with Gasteiger partial charge in [-0.1, -0.05) is 28.4 Å². The number of rotatable bonds is 2. The number of halogens is 1. The van der Waals surface area contributed by atoms with Crippen molar-refractivity contribution in [2.45, 2.75) is 32.2 Å². The summed E-state index contributed by atoms with van der Waals surface area (Å²) in [5, 5.41) is 6.24. The lowest BCUT2D eigenvalue weighted by Crippen LogP contribution is -2.43. The van der Waals surface area contributed by atoms with Gasteiger partial charge in [0, 0.05) is 10.2 Å². The van der Waals surface area contributed by atoms with E-state index in [1.54, 1.807) is 0 Å². The van der Waals surface area contributed by atoms with Gasteiger partial charge in [-0.15, -0.1) is 0 Å². The minimum absolute atomic E-state index is 0.0397. The highest BCUT2D eigenvalue weighted by molar-refractivity contribution is 9.10. The average Bonchev–Trinajstić information content (AvgIpc) is 2.35. The molecule has 2 rings (SSSR count). The minimum atomic E-state index is -0.0397. The number of hydrogen-bond donors (Lipinski definition) is 2. The average molecular weight is 297 g/mol. The van der Waals surface area contributed by atoms with E-state index in [1.807, 2.05) is 25.1 Å². The van der Waals surface area contributed by atoms with Gasteiger partial charge < -0.3 is 10.6 Å². The normalized spacial score (nSPS) is 20.0. The molecule has 1 heterocycles. The Morgan fingerprint density at radius 1 is 1.47 bits per heavy atom. The van der Waals surface area contributed by atoms with Crippen LogP contribution in [0, 0.1) is 6.92 Å². The van der Waals surface area contributed by atoms with E-state index in [-0.39, 0.29) is 11.9 Å². The highest BCUT2D eigenvalue weighted by atomic mass is 79.9. The van der Waals surface area contributed by atoms with E-state index in [2.05, 4.69) is 26.6 Å². The first-order valence-electron chi connectivity index (χ1n) is 5.97. The number of amides is 1. The Morgan fingerprint density at radius 3 is 3.00 bits per heavy atom. The summed E-state index contributed by atoms with van der Waals surface area (Å²) in [6.07, 6.45) is 3.22. The molecule has 2 N–H and O–H groups in total. The molecule has 1 fully saturated rings. The molecule has 17 heavy (non-hydrogen) atoms. The molecule has 1 aliphatic rings. The van der Waals surface area contributed by atoms with Crippen LogP contribution in [0.3, 0.4) is 0 Å². The maximum absolute atomic E-state index is 12.0. The van der Waals surface area contributed by atoms with Gasteiger partial charge in [-0.2, -0.15) is 0 Å². The summed E-state index contributed by atoms with van der Waals surface area (Å²) in [5.41, 5.74) is 1.97. The third kappa shape index (κ3) is 3.30. The van der Waals surface area contributed by atoms with Crippen LogP contribution in [0.5, 0.6) is 0 Å². The fraction of sp³-hybridized carbons (Fsp3) is 0.462. The van der Waals surface area contributed by atoms with Crippen LogP contribution in [0.1, 0.15) is 24.8 Å². The highest BCUT2D eigenvalue weighted by Crippen LogP contribution is 2.21. The second-order valence-corrected chi connectivity index (χ2v) is 5.37. The Morgan fingerprint density at radius 2 is 2.29 bits per heavy atom. The zero-order chi connectivity index (χ0) is 12.3. The molecule has 0 radical (unpaired) electrons. The quantitative estimate of drug-likeness (QED) is 0.881. The Labute approximate surface area is 110 Å². The van der Waals surface area contributed by atoms with Crippen LogP contribution in [-0.2, 0) is 4.79 Å². The number of benzene rings is 1. The molecule has 0 spiro atoms. The van der Waals surface area contributed by atoms with Gasteiger partial charge in [-0.05, 0) is 44.0 Å². The van der Waals surface area contributed by atoms with Gasteiger partial charge in [0.25, 0.3) is 0 Å². The van der Waals surface area contributed by atoms with Gasteiger partial charge in [0.15, 0.2) is 0 Å². The van der Waals surface area contributed by atoms with Gasteiger partial charge in [0.2, 0.25) is 5.91 Å². The largest absolute Gasteiger partial charge is 0.324 e. The van der Waals surface area contributed by atoms with Crippen LogP contribution in [0.4, 0.5) is 5.69 Å². The SMILES string of the molecule is Cc1ccc(Br)cc1NC(=O)[C@@H]1CCCCN1. The summed E-state index contributed by atoms with van der Waals surface area (Å²) in [6.45, 7) is 2.94. The molecular formula is C13H17BrN2O. The molecule has 92 valence electrons. The lowest BCUT2D eigenvalue weighted by molar-refractivity contribution is -0.118. The number of piperidine rings is 1. The number of nitrogens with one attached hydrogen (secondary N) is 2. The maximum atomic E-state index is 12.0. The second-order valence-electron chi connectivity index (χ2n) is 4.45. The van der Waals surface area contributed by atoms with Gasteiger partial charge in [-0.3, -0.25) is 4.79 Å². The van der Waals surface area contributed by atoms with Crippen molar-refractivity contribution in [1.29, 1.82) is 0 Å². The highest BCUT2D eigenvalue weighted by Gasteiger charge is 2.20. The molecule has 1 saturated heterocycles. The fourth-order valence-electron chi connectivity index (χ4n) is 2.02. The standard InChI is InChI=1S/C13H17BrN2O/c1-9-5-6-10(14)8-12(9)16-13(17)11-4-2-3-7-15-11/h5-6,8,11,15H,2-4,7H2,1H3,(H,16,17)/t11-/m0/s1. The predicted molar refractivity (Wildman–Crippen MR) is 73.2 cm³/mol. The van der Waals surface area contributed by atoms with Crippen molar-refractivity contribution < 1.29 is 4.79 Å². The van der Waals surface area contributed by atoms with Gasteiger partial charge in [0.1, 0.15) is 0 Å². The molecule has 1 atom stereocenters. The number of carbonyl (C=O) groups is 1. The number of hydrogen-bond acceptors (Lipinski definition) is 2. The number of carbonyl (C=O) groups excluding carboxylic acids is 1. The van der Waals surface area contributed by atoms with Crippen molar-refractivity contribution in [2.75, 3.05) is 11.9 Å². The smallest absolute Gasteiger partial charge is 0.241 e. The summed E-state index contributed by atoms with van der Waals surface area (Å²) in [5.74, 6) is 0.0749. The zero-order valence-electron chi connectivity index (χ0n) is 9.92. The summed E-state index contributed by atoms with van der Waals surface area (Å²) < 4.78 is 0.981. The summed E-state index contributed by atoms with van der Waals surface area (Å²) >= 11 is 3.42. The van der Waals surface area contributed by atoms with Gasteiger partial charge in [0.05, 0.1) is 6.04 Å². The fourth-order valence-corrected chi connectivity index (χ4v) is 2.39. The Hall–Kier alpha value is -0.870. The first kappa shape index (κ1) is 12.6. The molecule has 0 bridgehead atoms. The molecule has 0 saturated carbocycles. The topological polar surface area (TPSA) is 41.1 Å². The van der Waals surface area contributed by atoms with Crippen LogP contribution < -0.4 is 10.6 Å². The summed E-state index contributed by atoms with van der Waals surface area (Å²) in [7, 11) is 0. The van der Waals surface area contributed by atoms with Crippen LogP contribution in [0.2, 0.25) is 0 Å². The molecular weight excluding hydrogens is 280 g/mol. The molecule has 0 aliphatic carbocycles. The van der Waals surface area contributed by atoms with Crippen LogP contribution in [0.15, 0.2) is 22.7 Å². The first-order chi connectivity index (χ1) is 8.16. The third-order valence-corrected chi connectivity index (χ3v) is 3.58. The van der Waals surface area contributed by atoms with E-state index in [0.29, 0.717) is 0 Å². The number of anilines is 1. The molecule has 0 unspecified atom stereocenters. The zero-order valence-corrected chi connectivity index (χ0v) is 11.5. The third-order valence-electron chi connectivity index (χ3n) is 3.08. The Kier molecular flexibility index (Phi) is 4.18. The van der Waals surface area contributed by atoms with Gasteiger partial charge in [-0.25, -0.2) is 0 Å². The van der Waals surface area contributed by atoms with Crippen molar-refractivity contribution in [2.24, 2.45) is 0 Å². The molecule has 1 aromatic rings.